The van der Waals surface area contributed by atoms with Crippen molar-refractivity contribution in [3.63, 3.8) is 0 Å². The first-order valence-electron chi connectivity index (χ1n) is 12.4. The SMILES string of the molecule is Cc1nc(-c2ccc(C(F)(F)F)cc2)sc1C(=O)NC1Cc2ccc(S(=O)(=O)Nc3nnc(C4CC4)s3)cc2C1. The Morgan fingerprint density at radius 2 is 1.73 bits per heavy atom. The zero-order chi connectivity index (χ0) is 28.2. The number of hydrogen-bond acceptors (Lipinski definition) is 8. The molecule has 40 heavy (non-hydrogen) atoms. The van der Waals surface area contributed by atoms with Gasteiger partial charge in [-0.3, -0.25) is 9.52 Å². The first-order chi connectivity index (χ1) is 19.0. The van der Waals surface area contributed by atoms with E-state index in [1.807, 2.05) is 0 Å². The van der Waals surface area contributed by atoms with Crippen molar-refractivity contribution in [2.75, 3.05) is 4.72 Å². The molecule has 1 atom stereocenters. The first-order valence-corrected chi connectivity index (χ1v) is 15.5. The quantitative estimate of drug-likeness (QED) is 0.285. The van der Waals surface area contributed by atoms with Gasteiger partial charge in [0.05, 0.1) is 16.2 Å². The van der Waals surface area contributed by atoms with Crippen molar-refractivity contribution in [1.29, 1.82) is 0 Å². The highest BCUT2D eigenvalue weighted by Crippen LogP contribution is 2.42. The summed E-state index contributed by atoms with van der Waals surface area (Å²) in [7, 11) is -3.85. The molecule has 1 unspecified atom stereocenters. The fourth-order valence-corrected chi connectivity index (χ4v) is 7.76. The highest BCUT2D eigenvalue weighted by atomic mass is 32.2. The molecule has 1 fully saturated rings. The van der Waals surface area contributed by atoms with Crippen LogP contribution in [0.1, 0.15) is 55.8 Å². The Hall–Kier alpha value is -3.36. The Kier molecular flexibility index (Phi) is 6.66. The lowest BCUT2D eigenvalue weighted by atomic mass is 10.1. The van der Waals surface area contributed by atoms with Crippen molar-refractivity contribution in [3.8, 4) is 10.6 Å². The number of aromatic nitrogens is 3. The number of aryl methyl sites for hydroxylation is 1. The van der Waals surface area contributed by atoms with Crippen molar-refractivity contribution in [2.45, 2.75) is 55.6 Å². The van der Waals surface area contributed by atoms with Crippen LogP contribution in [0, 0.1) is 6.92 Å². The Morgan fingerprint density at radius 3 is 2.42 bits per heavy atom. The largest absolute Gasteiger partial charge is 0.416 e. The van der Waals surface area contributed by atoms with Gasteiger partial charge in [-0.15, -0.1) is 21.5 Å². The summed E-state index contributed by atoms with van der Waals surface area (Å²) in [6.45, 7) is 1.68. The molecule has 2 aliphatic rings. The fraction of sp³-hybridized carbons (Fsp3) is 0.308. The molecule has 6 rings (SSSR count). The van der Waals surface area contributed by atoms with Gasteiger partial charge in [0, 0.05) is 17.5 Å². The topological polar surface area (TPSA) is 114 Å². The molecular formula is C26H22F3N5O3S3. The third kappa shape index (κ3) is 5.47. The number of anilines is 1. The van der Waals surface area contributed by atoms with E-state index in [1.54, 1.807) is 19.1 Å². The van der Waals surface area contributed by atoms with Gasteiger partial charge in [-0.25, -0.2) is 13.4 Å². The Morgan fingerprint density at radius 1 is 1.00 bits per heavy atom. The van der Waals surface area contributed by atoms with Gasteiger partial charge in [0.1, 0.15) is 14.9 Å². The average molecular weight is 606 g/mol. The second-order valence-electron chi connectivity index (χ2n) is 9.84. The zero-order valence-corrected chi connectivity index (χ0v) is 23.4. The molecule has 2 aromatic heterocycles. The molecule has 0 radical (unpaired) electrons. The minimum Gasteiger partial charge on any atom is -0.348 e. The van der Waals surface area contributed by atoms with Crippen LogP contribution in [0.2, 0.25) is 0 Å². The van der Waals surface area contributed by atoms with E-state index in [9.17, 15) is 26.4 Å². The Balaban J connectivity index is 1.12. The maximum atomic E-state index is 13.1. The van der Waals surface area contributed by atoms with Crippen LogP contribution in [0.5, 0.6) is 0 Å². The van der Waals surface area contributed by atoms with E-state index in [4.69, 9.17) is 0 Å². The van der Waals surface area contributed by atoms with Gasteiger partial charge in [0.2, 0.25) is 5.13 Å². The van der Waals surface area contributed by atoms with Gasteiger partial charge in [-0.05, 0) is 68.0 Å². The third-order valence-electron chi connectivity index (χ3n) is 6.81. The lowest BCUT2D eigenvalue weighted by Gasteiger charge is -2.11. The van der Waals surface area contributed by atoms with Gasteiger partial charge < -0.3 is 5.32 Å². The van der Waals surface area contributed by atoms with Gasteiger partial charge in [-0.1, -0.05) is 29.5 Å². The maximum absolute atomic E-state index is 13.1. The summed E-state index contributed by atoms with van der Waals surface area (Å²) in [5, 5.41) is 12.6. The number of amides is 1. The molecule has 2 heterocycles. The predicted molar refractivity (Wildman–Crippen MR) is 145 cm³/mol. The van der Waals surface area contributed by atoms with E-state index in [0.717, 1.165) is 52.4 Å². The number of carbonyl (C=O) groups excluding carboxylic acids is 1. The van der Waals surface area contributed by atoms with E-state index >= 15 is 0 Å². The molecular weight excluding hydrogens is 584 g/mol. The summed E-state index contributed by atoms with van der Waals surface area (Å²) in [5.41, 5.74) is 2.00. The number of carbonyl (C=O) groups is 1. The molecule has 0 aliphatic heterocycles. The molecule has 2 aliphatic carbocycles. The number of fused-ring (bicyclic) bond motifs is 1. The van der Waals surface area contributed by atoms with E-state index < -0.39 is 21.8 Å². The van der Waals surface area contributed by atoms with Crippen molar-refractivity contribution in [3.05, 3.63) is 74.7 Å². The molecule has 4 aromatic rings. The number of hydrogen-bond donors (Lipinski definition) is 2. The zero-order valence-electron chi connectivity index (χ0n) is 20.9. The molecule has 0 bridgehead atoms. The second kappa shape index (κ2) is 9.93. The van der Waals surface area contributed by atoms with E-state index in [-0.39, 0.29) is 22.0 Å². The van der Waals surface area contributed by atoms with Crippen molar-refractivity contribution in [2.24, 2.45) is 0 Å². The van der Waals surface area contributed by atoms with Crippen molar-refractivity contribution in [1.82, 2.24) is 20.5 Å². The van der Waals surface area contributed by atoms with E-state index in [2.05, 4.69) is 25.2 Å². The van der Waals surface area contributed by atoms with Gasteiger partial charge >= 0.3 is 6.18 Å². The number of thiazole rings is 1. The van der Waals surface area contributed by atoms with Crippen LogP contribution in [-0.2, 0) is 29.0 Å². The number of halogens is 3. The lowest BCUT2D eigenvalue weighted by molar-refractivity contribution is -0.137. The summed E-state index contributed by atoms with van der Waals surface area (Å²) >= 11 is 2.36. The van der Waals surface area contributed by atoms with Crippen LogP contribution in [0.25, 0.3) is 10.6 Å². The smallest absolute Gasteiger partial charge is 0.348 e. The minimum absolute atomic E-state index is 0.112. The Bertz CT molecular complexity index is 1710. The van der Waals surface area contributed by atoms with Gasteiger partial charge in [0.15, 0.2) is 0 Å². The first kappa shape index (κ1) is 26.8. The summed E-state index contributed by atoms with van der Waals surface area (Å²) < 4.78 is 67.1. The Labute approximate surface area is 235 Å². The van der Waals surface area contributed by atoms with Gasteiger partial charge in [-0.2, -0.15) is 13.2 Å². The summed E-state index contributed by atoms with van der Waals surface area (Å²) in [4.78, 5) is 18.0. The number of rotatable bonds is 7. The third-order valence-corrected chi connectivity index (χ3v) is 10.5. The van der Waals surface area contributed by atoms with E-state index in [0.29, 0.717) is 39.9 Å². The van der Waals surface area contributed by atoms with Crippen LogP contribution in [-0.4, -0.2) is 35.5 Å². The number of alkyl halides is 3. The molecule has 208 valence electrons. The molecule has 2 aromatic carbocycles. The second-order valence-corrected chi connectivity index (χ2v) is 13.5. The number of sulfonamides is 1. The van der Waals surface area contributed by atoms with Crippen molar-refractivity contribution >= 4 is 43.7 Å². The van der Waals surface area contributed by atoms with Crippen LogP contribution >= 0.6 is 22.7 Å². The molecule has 1 amide bonds. The van der Waals surface area contributed by atoms with E-state index in [1.165, 1.54) is 29.5 Å². The molecule has 14 heteroatoms. The van der Waals surface area contributed by atoms with Crippen molar-refractivity contribution < 1.29 is 26.4 Å². The highest BCUT2D eigenvalue weighted by Gasteiger charge is 2.31. The summed E-state index contributed by atoms with van der Waals surface area (Å²) in [6, 6.07) is 9.34. The number of benzene rings is 2. The lowest BCUT2D eigenvalue weighted by Crippen LogP contribution is -2.35. The fourth-order valence-electron chi connectivity index (χ4n) is 4.59. The summed E-state index contributed by atoms with van der Waals surface area (Å²) in [5.74, 6) is 0.0521. The normalized spacial score (nSPS) is 17.1. The van der Waals surface area contributed by atoms with Crippen LogP contribution < -0.4 is 10.0 Å². The summed E-state index contributed by atoms with van der Waals surface area (Å²) in [6.07, 6.45) is -1.33. The van der Waals surface area contributed by atoms with Crippen LogP contribution in [0.15, 0.2) is 47.4 Å². The number of nitrogens with zero attached hydrogens (tertiary/aromatic N) is 3. The molecule has 0 saturated heterocycles. The minimum atomic E-state index is -4.43. The highest BCUT2D eigenvalue weighted by molar-refractivity contribution is 7.93. The van der Waals surface area contributed by atoms with Gasteiger partial charge in [0.25, 0.3) is 15.9 Å². The monoisotopic (exact) mass is 605 g/mol. The average Bonchev–Trinajstić information content (AvgIpc) is 3.31. The maximum Gasteiger partial charge on any atom is 0.416 e. The van der Waals surface area contributed by atoms with Crippen LogP contribution in [0.3, 0.4) is 0 Å². The molecule has 0 spiro atoms. The predicted octanol–water partition coefficient (Wildman–Crippen LogP) is 5.56. The molecule has 2 N–H and O–H groups in total. The standard InChI is InChI=1S/C26H22F3N5O3S3/c1-13-21(38-23(30-13)14-4-7-18(8-5-14)26(27,28)29)22(35)31-19-10-16-6-9-20(12-17(16)11-19)40(36,37)34-25-33-32-24(39-25)15-2-3-15/h4-9,12,15,19H,2-3,10-11H2,1H3,(H,31,35)(H,33,34). The number of nitrogens with one attached hydrogen (secondary N) is 2. The molecule has 8 nitrogen and oxygen atoms in total. The van der Waals surface area contributed by atoms with Crippen LogP contribution in [0.4, 0.5) is 18.3 Å². The molecule has 1 saturated carbocycles.